The van der Waals surface area contributed by atoms with Gasteiger partial charge in [0, 0.05) is 30.1 Å². The lowest BCUT2D eigenvalue weighted by Crippen LogP contribution is -1.95. The molecule has 0 bridgehead atoms. The molecular formula is C15H13N3O. The normalized spacial score (nSPS) is 10.8. The van der Waals surface area contributed by atoms with Gasteiger partial charge in [-0.15, -0.1) is 0 Å². The molecule has 0 unspecified atom stereocenters. The Morgan fingerprint density at radius 1 is 1.16 bits per heavy atom. The minimum absolute atomic E-state index is 0.159. The summed E-state index contributed by atoms with van der Waals surface area (Å²) in [4.78, 5) is 23.2. The Kier molecular flexibility index (Phi) is 2.83. The molecule has 0 aliphatic rings. The molecule has 0 atom stereocenters. The molecule has 1 aromatic carbocycles. The first-order chi connectivity index (χ1) is 9.28. The summed E-state index contributed by atoms with van der Waals surface area (Å²) in [6.07, 6.45) is 3.86. The third-order valence-corrected chi connectivity index (χ3v) is 3.10. The summed E-state index contributed by atoms with van der Waals surface area (Å²) >= 11 is 0. The van der Waals surface area contributed by atoms with Gasteiger partial charge >= 0.3 is 0 Å². The largest absolute Gasteiger partial charge is 0.338 e. The number of ketones is 1. The van der Waals surface area contributed by atoms with Crippen LogP contribution in [0.4, 0.5) is 0 Å². The maximum absolute atomic E-state index is 11.6. The predicted octanol–water partition coefficient (Wildman–Crippen LogP) is 3.22. The Bertz CT molecular complexity index is 695. The molecule has 0 saturated carbocycles. The van der Waals surface area contributed by atoms with Crippen molar-refractivity contribution in [3.05, 3.63) is 48.3 Å². The second-order valence-corrected chi connectivity index (χ2v) is 4.33. The van der Waals surface area contributed by atoms with E-state index in [0.29, 0.717) is 6.42 Å². The number of fused-ring (bicyclic) bond motifs is 1. The van der Waals surface area contributed by atoms with Crippen molar-refractivity contribution in [2.24, 2.45) is 0 Å². The first-order valence-corrected chi connectivity index (χ1v) is 6.21. The molecule has 4 nitrogen and oxygen atoms in total. The molecule has 4 heteroatoms. The fraction of sp³-hybridized carbons (Fsp3) is 0.133. The minimum Gasteiger partial charge on any atom is -0.338 e. The lowest BCUT2D eigenvalue weighted by Gasteiger charge is -2.00. The standard InChI is InChI=1S/C15H13N3O/c1-2-14(19)11-5-3-10(4-6-11)12-9-13-15(18-12)17-8-7-16-13/h3-9H,2H2,1H3,(H,17,18). The number of benzene rings is 1. The summed E-state index contributed by atoms with van der Waals surface area (Å²) < 4.78 is 0. The van der Waals surface area contributed by atoms with Gasteiger partial charge in [-0.25, -0.2) is 4.98 Å². The summed E-state index contributed by atoms with van der Waals surface area (Å²) in [6.45, 7) is 1.87. The van der Waals surface area contributed by atoms with E-state index in [-0.39, 0.29) is 5.78 Å². The first kappa shape index (κ1) is 11.6. The average Bonchev–Trinajstić information content (AvgIpc) is 2.90. The number of Topliss-reactive ketones (excluding diaryl/α,β-unsaturated/α-hetero) is 1. The number of carbonyl (C=O) groups is 1. The zero-order chi connectivity index (χ0) is 13.2. The van der Waals surface area contributed by atoms with Crippen molar-refractivity contribution >= 4 is 16.9 Å². The predicted molar refractivity (Wildman–Crippen MR) is 73.9 cm³/mol. The van der Waals surface area contributed by atoms with Crippen LogP contribution in [0, 0.1) is 0 Å². The molecule has 2 aromatic heterocycles. The van der Waals surface area contributed by atoms with Gasteiger partial charge in [-0.05, 0) is 11.6 Å². The Morgan fingerprint density at radius 2 is 1.89 bits per heavy atom. The van der Waals surface area contributed by atoms with Gasteiger partial charge in [0.25, 0.3) is 0 Å². The molecule has 0 radical (unpaired) electrons. The summed E-state index contributed by atoms with van der Waals surface area (Å²) in [6, 6.07) is 9.54. The Balaban J connectivity index is 1.99. The van der Waals surface area contributed by atoms with Crippen LogP contribution in [0.3, 0.4) is 0 Å². The van der Waals surface area contributed by atoms with Crippen LogP contribution in [-0.2, 0) is 0 Å². The van der Waals surface area contributed by atoms with Crippen molar-refractivity contribution in [3.8, 4) is 11.3 Å². The number of H-pyrrole nitrogens is 1. The van der Waals surface area contributed by atoms with Crippen molar-refractivity contribution in [1.82, 2.24) is 15.0 Å². The molecular weight excluding hydrogens is 238 g/mol. The van der Waals surface area contributed by atoms with E-state index in [0.717, 1.165) is 28.0 Å². The van der Waals surface area contributed by atoms with Gasteiger partial charge in [-0.2, -0.15) is 0 Å². The highest BCUT2D eigenvalue weighted by Crippen LogP contribution is 2.22. The second kappa shape index (κ2) is 4.65. The maximum atomic E-state index is 11.6. The molecule has 0 saturated heterocycles. The lowest BCUT2D eigenvalue weighted by molar-refractivity contribution is 0.0988. The Morgan fingerprint density at radius 3 is 2.58 bits per heavy atom. The van der Waals surface area contributed by atoms with Gasteiger partial charge in [0.1, 0.15) is 5.52 Å². The monoisotopic (exact) mass is 251 g/mol. The van der Waals surface area contributed by atoms with Gasteiger partial charge in [0.15, 0.2) is 11.4 Å². The summed E-state index contributed by atoms with van der Waals surface area (Å²) in [7, 11) is 0. The van der Waals surface area contributed by atoms with Crippen molar-refractivity contribution in [3.63, 3.8) is 0 Å². The molecule has 0 aliphatic heterocycles. The maximum Gasteiger partial charge on any atom is 0.162 e. The SMILES string of the molecule is CCC(=O)c1ccc(-c2cc3nccnc3[nH]2)cc1. The molecule has 94 valence electrons. The third kappa shape index (κ3) is 2.12. The highest BCUT2D eigenvalue weighted by atomic mass is 16.1. The van der Waals surface area contributed by atoms with Gasteiger partial charge in [-0.3, -0.25) is 9.78 Å². The molecule has 0 fully saturated rings. The van der Waals surface area contributed by atoms with Crippen LogP contribution in [0.25, 0.3) is 22.4 Å². The number of nitrogens with one attached hydrogen (secondary N) is 1. The fourth-order valence-corrected chi connectivity index (χ4v) is 2.05. The van der Waals surface area contributed by atoms with Crippen LogP contribution >= 0.6 is 0 Å². The summed E-state index contributed by atoms with van der Waals surface area (Å²) in [5.41, 5.74) is 4.33. The van der Waals surface area contributed by atoms with Crippen LogP contribution < -0.4 is 0 Å². The van der Waals surface area contributed by atoms with E-state index >= 15 is 0 Å². The highest BCUT2D eigenvalue weighted by molar-refractivity contribution is 5.96. The third-order valence-electron chi connectivity index (χ3n) is 3.10. The van der Waals surface area contributed by atoms with E-state index in [9.17, 15) is 4.79 Å². The molecule has 0 spiro atoms. The van der Waals surface area contributed by atoms with Gasteiger partial charge in [0.05, 0.1) is 0 Å². The molecule has 3 rings (SSSR count). The number of nitrogens with zero attached hydrogens (tertiary/aromatic N) is 2. The number of aromatic amines is 1. The molecule has 0 aliphatic carbocycles. The van der Waals surface area contributed by atoms with Gasteiger partial charge < -0.3 is 4.98 Å². The van der Waals surface area contributed by atoms with Gasteiger partial charge in [0.2, 0.25) is 0 Å². The molecule has 3 aromatic rings. The van der Waals surface area contributed by atoms with Crippen molar-refractivity contribution < 1.29 is 4.79 Å². The van der Waals surface area contributed by atoms with Crippen LogP contribution in [0.2, 0.25) is 0 Å². The van der Waals surface area contributed by atoms with E-state index in [1.165, 1.54) is 0 Å². The Hall–Kier alpha value is -2.49. The van der Waals surface area contributed by atoms with Crippen LogP contribution in [0.1, 0.15) is 23.7 Å². The highest BCUT2D eigenvalue weighted by Gasteiger charge is 2.06. The van der Waals surface area contributed by atoms with Crippen molar-refractivity contribution in [2.75, 3.05) is 0 Å². The van der Waals surface area contributed by atoms with E-state index < -0.39 is 0 Å². The van der Waals surface area contributed by atoms with E-state index in [1.54, 1.807) is 12.4 Å². The van der Waals surface area contributed by atoms with E-state index in [1.807, 2.05) is 37.3 Å². The molecule has 19 heavy (non-hydrogen) atoms. The first-order valence-electron chi connectivity index (χ1n) is 6.21. The zero-order valence-corrected chi connectivity index (χ0v) is 10.6. The smallest absolute Gasteiger partial charge is 0.162 e. The molecule has 1 N–H and O–H groups in total. The molecule has 2 heterocycles. The number of rotatable bonds is 3. The second-order valence-electron chi connectivity index (χ2n) is 4.33. The van der Waals surface area contributed by atoms with Crippen molar-refractivity contribution in [1.29, 1.82) is 0 Å². The molecule has 0 amide bonds. The minimum atomic E-state index is 0.159. The lowest BCUT2D eigenvalue weighted by atomic mass is 10.1. The fourth-order valence-electron chi connectivity index (χ4n) is 2.05. The number of carbonyl (C=O) groups excluding carboxylic acids is 1. The quantitative estimate of drug-likeness (QED) is 0.727. The Labute approximate surface area is 110 Å². The zero-order valence-electron chi connectivity index (χ0n) is 10.6. The summed E-state index contributed by atoms with van der Waals surface area (Å²) in [5, 5.41) is 0. The summed E-state index contributed by atoms with van der Waals surface area (Å²) in [5.74, 6) is 0.159. The van der Waals surface area contributed by atoms with E-state index in [4.69, 9.17) is 0 Å². The topological polar surface area (TPSA) is 58.6 Å². The van der Waals surface area contributed by atoms with Crippen LogP contribution in [0.5, 0.6) is 0 Å². The van der Waals surface area contributed by atoms with Gasteiger partial charge in [-0.1, -0.05) is 31.2 Å². The number of hydrogen-bond acceptors (Lipinski definition) is 3. The van der Waals surface area contributed by atoms with Crippen molar-refractivity contribution in [2.45, 2.75) is 13.3 Å². The average molecular weight is 251 g/mol. The number of aromatic nitrogens is 3. The van der Waals surface area contributed by atoms with Crippen LogP contribution in [-0.4, -0.2) is 20.7 Å². The van der Waals surface area contributed by atoms with Crippen LogP contribution in [0.15, 0.2) is 42.7 Å². The number of hydrogen-bond donors (Lipinski definition) is 1. The van der Waals surface area contributed by atoms with E-state index in [2.05, 4.69) is 15.0 Å².